The van der Waals surface area contributed by atoms with Gasteiger partial charge in [0.05, 0.1) is 22.9 Å². The lowest BCUT2D eigenvalue weighted by atomic mass is 10.1. The summed E-state index contributed by atoms with van der Waals surface area (Å²) in [6.07, 6.45) is 0.656. The first-order valence-electron chi connectivity index (χ1n) is 6.39. The summed E-state index contributed by atoms with van der Waals surface area (Å²) in [5.74, 6) is -0.434. The Bertz CT molecular complexity index is 633. The predicted octanol–water partition coefficient (Wildman–Crippen LogP) is 3.08. The molecular formula is C14H16BrClFN3O. The molecule has 0 radical (unpaired) electrons. The smallest absolute Gasteiger partial charge is 0.124 e. The number of nitrogens with zero attached hydrogens (tertiary/aromatic N) is 3. The molecule has 1 atom stereocenters. The van der Waals surface area contributed by atoms with Gasteiger partial charge in [0.1, 0.15) is 11.9 Å². The highest BCUT2D eigenvalue weighted by Crippen LogP contribution is 2.32. The fourth-order valence-electron chi connectivity index (χ4n) is 1.99. The molecule has 0 saturated heterocycles. The zero-order valence-corrected chi connectivity index (χ0v) is 14.1. The van der Waals surface area contributed by atoms with Crippen LogP contribution < -0.4 is 0 Å². The second kappa shape index (κ2) is 6.87. The molecule has 0 fully saturated rings. The highest BCUT2D eigenvalue weighted by molar-refractivity contribution is 9.10. The van der Waals surface area contributed by atoms with Gasteiger partial charge >= 0.3 is 0 Å². The number of likely N-dealkylation sites (N-methyl/N-ethyl adjacent to an activating group) is 1. The number of aliphatic hydroxyl groups is 1. The summed E-state index contributed by atoms with van der Waals surface area (Å²) in [6.45, 7) is 1.41. The molecule has 1 aromatic heterocycles. The van der Waals surface area contributed by atoms with Crippen LogP contribution in [0.3, 0.4) is 0 Å². The third kappa shape index (κ3) is 3.83. The number of aliphatic hydroxyl groups excluding tert-OH is 1. The molecule has 0 saturated carbocycles. The summed E-state index contributed by atoms with van der Waals surface area (Å²) in [5.41, 5.74) is 1.05. The molecule has 0 aliphatic heterocycles. The Labute approximate surface area is 136 Å². The van der Waals surface area contributed by atoms with Crippen molar-refractivity contribution in [1.82, 2.24) is 14.7 Å². The molecule has 0 bridgehead atoms. The van der Waals surface area contributed by atoms with E-state index >= 15 is 0 Å². The first-order valence-corrected chi connectivity index (χ1v) is 7.56. The molecule has 2 aromatic rings. The molecule has 1 aromatic carbocycles. The minimum Gasteiger partial charge on any atom is -0.382 e. The van der Waals surface area contributed by atoms with E-state index in [0.29, 0.717) is 22.3 Å². The molecule has 0 aliphatic rings. The van der Waals surface area contributed by atoms with Crippen LogP contribution in [-0.2, 0) is 6.54 Å². The standard InChI is InChI=1S/C14H16BrClFN3O/c1-19(2)5-6-20-13(11(15)8-18-20)14(21)10-4-3-9(17)7-12(10)16/h3-4,7-8,14,21H,5-6H2,1-2H3. The molecule has 2 rings (SSSR count). The number of rotatable bonds is 5. The van der Waals surface area contributed by atoms with Gasteiger partial charge in [-0.05, 0) is 42.2 Å². The molecular weight excluding hydrogens is 361 g/mol. The van der Waals surface area contributed by atoms with E-state index in [1.807, 2.05) is 19.0 Å². The van der Waals surface area contributed by atoms with Crippen molar-refractivity contribution >= 4 is 27.5 Å². The molecule has 1 N–H and O–H groups in total. The topological polar surface area (TPSA) is 41.3 Å². The van der Waals surface area contributed by atoms with Crippen LogP contribution in [0.15, 0.2) is 28.9 Å². The van der Waals surface area contributed by atoms with Crippen molar-refractivity contribution in [3.63, 3.8) is 0 Å². The fraction of sp³-hybridized carbons (Fsp3) is 0.357. The minimum atomic E-state index is -0.975. The molecule has 0 spiro atoms. The average molecular weight is 377 g/mol. The maximum atomic E-state index is 13.1. The van der Waals surface area contributed by atoms with E-state index in [9.17, 15) is 9.50 Å². The number of hydrogen-bond acceptors (Lipinski definition) is 3. The van der Waals surface area contributed by atoms with E-state index < -0.39 is 11.9 Å². The minimum absolute atomic E-state index is 0.190. The van der Waals surface area contributed by atoms with Crippen LogP contribution in [0.4, 0.5) is 4.39 Å². The van der Waals surface area contributed by atoms with Crippen LogP contribution in [0.5, 0.6) is 0 Å². The monoisotopic (exact) mass is 375 g/mol. The van der Waals surface area contributed by atoms with Crippen LogP contribution >= 0.6 is 27.5 Å². The van der Waals surface area contributed by atoms with Crippen molar-refractivity contribution in [3.05, 3.63) is 51.0 Å². The lowest BCUT2D eigenvalue weighted by Crippen LogP contribution is -2.21. The Balaban J connectivity index is 2.34. The van der Waals surface area contributed by atoms with Crippen molar-refractivity contribution in [3.8, 4) is 0 Å². The van der Waals surface area contributed by atoms with Crippen molar-refractivity contribution in [2.24, 2.45) is 0 Å². The molecule has 1 heterocycles. The van der Waals surface area contributed by atoms with Crippen LogP contribution in [0, 0.1) is 5.82 Å². The van der Waals surface area contributed by atoms with Crippen LogP contribution in [0.1, 0.15) is 17.4 Å². The number of benzene rings is 1. The lowest BCUT2D eigenvalue weighted by Gasteiger charge is -2.17. The van der Waals surface area contributed by atoms with Crippen molar-refractivity contribution in [2.45, 2.75) is 12.6 Å². The summed E-state index contributed by atoms with van der Waals surface area (Å²) in [6, 6.07) is 3.95. The van der Waals surface area contributed by atoms with Gasteiger partial charge in [-0.1, -0.05) is 17.7 Å². The third-order valence-electron chi connectivity index (χ3n) is 3.11. The summed E-state index contributed by atoms with van der Waals surface area (Å²) in [4.78, 5) is 2.02. The van der Waals surface area contributed by atoms with Crippen molar-refractivity contribution in [1.29, 1.82) is 0 Å². The molecule has 7 heteroatoms. The van der Waals surface area contributed by atoms with Gasteiger partial charge in [-0.3, -0.25) is 4.68 Å². The van der Waals surface area contributed by atoms with Crippen molar-refractivity contribution < 1.29 is 9.50 Å². The highest BCUT2D eigenvalue weighted by Gasteiger charge is 2.22. The van der Waals surface area contributed by atoms with E-state index in [4.69, 9.17) is 11.6 Å². The molecule has 1 unspecified atom stereocenters. The van der Waals surface area contributed by atoms with Crippen LogP contribution in [0.25, 0.3) is 0 Å². The largest absolute Gasteiger partial charge is 0.382 e. The molecule has 21 heavy (non-hydrogen) atoms. The summed E-state index contributed by atoms with van der Waals surface area (Å²) in [5, 5.41) is 15.0. The van der Waals surface area contributed by atoms with Crippen molar-refractivity contribution in [2.75, 3.05) is 20.6 Å². The zero-order valence-electron chi connectivity index (χ0n) is 11.7. The van der Waals surface area contributed by atoms with E-state index in [0.717, 1.165) is 6.54 Å². The Hall–Kier alpha value is -0.950. The van der Waals surface area contributed by atoms with Gasteiger partial charge in [0.2, 0.25) is 0 Å². The predicted molar refractivity (Wildman–Crippen MR) is 84.0 cm³/mol. The third-order valence-corrected chi connectivity index (χ3v) is 4.05. The lowest BCUT2D eigenvalue weighted by molar-refractivity contribution is 0.205. The maximum Gasteiger partial charge on any atom is 0.124 e. The quantitative estimate of drug-likeness (QED) is 0.872. The van der Waals surface area contributed by atoms with Crippen LogP contribution in [-0.4, -0.2) is 40.4 Å². The van der Waals surface area contributed by atoms with E-state index in [1.54, 1.807) is 10.9 Å². The first-order chi connectivity index (χ1) is 9.90. The normalized spacial score (nSPS) is 12.9. The molecule has 0 amide bonds. The number of hydrogen-bond donors (Lipinski definition) is 1. The molecule has 0 aliphatic carbocycles. The molecule has 114 valence electrons. The van der Waals surface area contributed by atoms with Gasteiger partial charge < -0.3 is 10.0 Å². The molecule has 4 nitrogen and oxygen atoms in total. The fourth-order valence-corrected chi connectivity index (χ4v) is 2.77. The SMILES string of the molecule is CN(C)CCn1ncc(Br)c1C(O)c1ccc(F)cc1Cl. The first kappa shape index (κ1) is 16.4. The van der Waals surface area contributed by atoms with Gasteiger partial charge in [0, 0.05) is 17.1 Å². The zero-order chi connectivity index (χ0) is 15.6. The summed E-state index contributed by atoms with van der Waals surface area (Å²) in [7, 11) is 3.93. The number of halogens is 3. The van der Waals surface area contributed by atoms with E-state index in [1.165, 1.54) is 18.2 Å². The summed E-state index contributed by atoms with van der Waals surface area (Å²) < 4.78 is 15.5. The van der Waals surface area contributed by atoms with Gasteiger partial charge in [-0.15, -0.1) is 0 Å². The van der Waals surface area contributed by atoms with Gasteiger partial charge in [-0.25, -0.2) is 4.39 Å². The van der Waals surface area contributed by atoms with Crippen LogP contribution in [0.2, 0.25) is 5.02 Å². The van der Waals surface area contributed by atoms with E-state index in [2.05, 4.69) is 21.0 Å². The highest BCUT2D eigenvalue weighted by atomic mass is 79.9. The van der Waals surface area contributed by atoms with Gasteiger partial charge in [-0.2, -0.15) is 5.10 Å². The van der Waals surface area contributed by atoms with Gasteiger partial charge in [0.15, 0.2) is 0 Å². The summed E-state index contributed by atoms with van der Waals surface area (Å²) >= 11 is 9.41. The second-order valence-corrected chi connectivity index (χ2v) is 6.23. The van der Waals surface area contributed by atoms with Gasteiger partial charge in [0.25, 0.3) is 0 Å². The maximum absolute atomic E-state index is 13.1. The Kier molecular flexibility index (Phi) is 5.37. The Morgan fingerprint density at radius 1 is 1.48 bits per heavy atom. The average Bonchev–Trinajstić information content (AvgIpc) is 2.77. The van der Waals surface area contributed by atoms with E-state index in [-0.39, 0.29) is 5.02 Å². The Morgan fingerprint density at radius 3 is 2.81 bits per heavy atom. The Morgan fingerprint density at radius 2 is 2.19 bits per heavy atom. The number of aromatic nitrogens is 2. The second-order valence-electron chi connectivity index (χ2n) is 4.97.